The van der Waals surface area contributed by atoms with Gasteiger partial charge in [0.25, 0.3) is 10.2 Å². The second-order valence-electron chi connectivity index (χ2n) is 7.41. The standard InChI is InChI=1S/C17H25ClFN3O3S/c1-17(2,3)16(23)21-8-10-22(11-9-21)26(24,25)20(4)12-13-14(18)6-5-7-15(13)19/h5-7H,8-12H2,1-4H3. The molecule has 0 aliphatic carbocycles. The summed E-state index contributed by atoms with van der Waals surface area (Å²) in [7, 11) is -2.38. The minimum Gasteiger partial charge on any atom is -0.340 e. The van der Waals surface area contributed by atoms with Gasteiger partial charge in [-0.1, -0.05) is 38.4 Å². The highest BCUT2D eigenvalue weighted by Crippen LogP contribution is 2.23. The van der Waals surface area contributed by atoms with Gasteiger partial charge in [-0.25, -0.2) is 4.39 Å². The molecular weight excluding hydrogens is 381 g/mol. The van der Waals surface area contributed by atoms with Gasteiger partial charge in [0, 0.05) is 55.8 Å². The summed E-state index contributed by atoms with van der Waals surface area (Å²) in [5.41, 5.74) is -0.360. The van der Waals surface area contributed by atoms with Crippen molar-refractivity contribution in [2.45, 2.75) is 27.3 Å². The van der Waals surface area contributed by atoms with E-state index in [-0.39, 0.29) is 36.1 Å². The molecule has 1 aliphatic rings. The molecule has 1 aliphatic heterocycles. The smallest absolute Gasteiger partial charge is 0.282 e. The molecule has 0 N–H and O–H groups in total. The van der Waals surface area contributed by atoms with E-state index in [0.29, 0.717) is 13.1 Å². The van der Waals surface area contributed by atoms with Crippen molar-refractivity contribution in [2.24, 2.45) is 5.41 Å². The zero-order valence-corrected chi connectivity index (χ0v) is 17.1. The molecule has 1 aromatic rings. The molecule has 9 heteroatoms. The van der Waals surface area contributed by atoms with Gasteiger partial charge in [-0.15, -0.1) is 0 Å². The first kappa shape index (κ1) is 21.1. The summed E-state index contributed by atoms with van der Waals surface area (Å²) in [4.78, 5) is 14.0. The van der Waals surface area contributed by atoms with Gasteiger partial charge < -0.3 is 4.90 Å². The molecule has 2 rings (SSSR count). The number of benzene rings is 1. The number of halogens is 2. The van der Waals surface area contributed by atoms with Crippen LogP contribution in [0.5, 0.6) is 0 Å². The van der Waals surface area contributed by atoms with Gasteiger partial charge >= 0.3 is 0 Å². The van der Waals surface area contributed by atoms with Gasteiger partial charge in [-0.05, 0) is 12.1 Å². The molecule has 0 unspecified atom stereocenters. The van der Waals surface area contributed by atoms with Crippen molar-refractivity contribution < 1.29 is 17.6 Å². The van der Waals surface area contributed by atoms with Gasteiger partial charge in [0.2, 0.25) is 5.91 Å². The molecular formula is C17H25ClFN3O3S. The van der Waals surface area contributed by atoms with Crippen molar-refractivity contribution >= 4 is 27.7 Å². The lowest BCUT2D eigenvalue weighted by atomic mass is 9.94. The highest BCUT2D eigenvalue weighted by Gasteiger charge is 2.35. The zero-order chi connectivity index (χ0) is 19.7. The highest BCUT2D eigenvalue weighted by atomic mass is 35.5. The second kappa shape index (κ2) is 7.80. The molecule has 1 saturated heterocycles. The minimum atomic E-state index is -3.77. The van der Waals surface area contributed by atoms with Crippen molar-refractivity contribution in [3.63, 3.8) is 0 Å². The Morgan fingerprint density at radius 1 is 1.23 bits per heavy atom. The molecule has 0 saturated carbocycles. The molecule has 0 radical (unpaired) electrons. The summed E-state index contributed by atoms with van der Waals surface area (Å²) in [6.45, 7) is 6.44. The van der Waals surface area contributed by atoms with E-state index in [1.165, 1.54) is 29.6 Å². The molecule has 0 spiro atoms. The fourth-order valence-corrected chi connectivity index (χ4v) is 4.31. The third-order valence-corrected chi connectivity index (χ3v) is 6.62. The largest absolute Gasteiger partial charge is 0.340 e. The topological polar surface area (TPSA) is 60.9 Å². The van der Waals surface area contributed by atoms with Gasteiger partial charge in [0.1, 0.15) is 5.82 Å². The molecule has 0 atom stereocenters. The summed E-state index contributed by atoms with van der Waals surface area (Å²) < 4.78 is 41.9. The van der Waals surface area contributed by atoms with Gasteiger partial charge in [-0.2, -0.15) is 17.0 Å². The van der Waals surface area contributed by atoms with Gasteiger partial charge in [0.15, 0.2) is 0 Å². The summed E-state index contributed by atoms with van der Waals surface area (Å²) in [5, 5.41) is 0.188. The predicted octanol–water partition coefficient (Wildman–Crippen LogP) is 2.35. The molecule has 1 amide bonds. The maximum Gasteiger partial charge on any atom is 0.282 e. The number of nitrogens with zero attached hydrogens (tertiary/aromatic N) is 3. The maximum absolute atomic E-state index is 13.9. The van der Waals surface area contributed by atoms with Crippen LogP contribution >= 0.6 is 11.6 Å². The second-order valence-corrected chi connectivity index (χ2v) is 9.85. The van der Waals surface area contributed by atoms with E-state index in [2.05, 4.69) is 0 Å². The number of carbonyl (C=O) groups excluding carboxylic acids is 1. The summed E-state index contributed by atoms with van der Waals surface area (Å²) in [6.07, 6.45) is 0. The van der Waals surface area contributed by atoms with Crippen LogP contribution in [0.3, 0.4) is 0 Å². The van der Waals surface area contributed by atoms with Crippen LogP contribution in [0.15, 0.2) is 18.2 Å². The molecule has 0 bridgehead atoms. The first-order valence-electron chi connectivity index (χ1n) is 8.38. The van der Waals surface area contributed by atoms with Crippen molar-refractivity contribution in [2.75, 3.05) is 33.2 Å². The van der Waals surface area contributed by atoms with E-state index in [1.54, 1.807) is 4.90 Å². The Labute approximate surface area is 159 Å². The van der Waals surface area contributed by atoms with E-state index >= 15 is 0 Å². The summed E-state index contributed by atoms with van der Waals surface area (Å²) >= 11 is 5.99. The zero-order valence-electron chi connectivity index (χ0n) is 15.5. The van der Waals surface area contributed by atoms with E-state index in [0.717, 1.165) is 4.31 Å². The Balaban J connectivity index is 2.06. The number of piperazine rings is 1. The Hall–Kier alpha value is -1.22. The number of hydrogen-bond acceptors (Lipinski definition) is 3. The average Bonchev–Trinajstić information content (AvgIpc) is 2.56. The number of carbonyl (C=O) groups is 1. The van der Waals surface area contributed by atoms with Crippen LogP contribution in [0.2, 0.25) is 5.02 Å². The van der Waals surface area contributed by atoms with Crippen LogP contribution in [-0.4, -0.2) is 61.1 Å². The van der Waals surface area contributed by atoms with Crippen LogP contribution < -0.4 is 0 Å². The molecule has 1 heterocycles. The van der Waals surface area contributed by atoms with Crippen molar-refractivity contribution in [3.8, 4) is 0 Å². The third kappa shape index (κ3) is 4.54. The molecule has 0 aromatic heterocycles. The van der Waals surface area contributed by atoms with Crippen molar-refractivity contribution in [1.29, 1.82) is 0 Å². The third-order valence-electron chi connectivity index (χ3n) is 4.33. The predicted molar refractivity (Wildman–Crippen MR) is 99.4 cm³/mol. The van der Waals surface area contributed by atoms with Gasteiger partial charge in [0.05, 0.1) is 0 Å². The van der Waals surface area contributed by atoms with E-state index in [9.17, 15) is 17.6 Å². The van der Waals surface area contributed by atoms with Crippen molar-refractivity contribution in [1.82, 2.24) is 13.5 Å². The van der Waals surface area contributed by atoms with E-state index in [4.69, 9.17) is 11.6 Å². The number of amides is 1. The molecule has 6 nitrogen and oxygen atoms in total. The van der Waals surface area contributed by atoms with Crippen LogP contribution in [0.25, 0.3) is 0 Å². The summed E-state index contributed by atoms with van der Waals surface area (Å²) in [6, 6.07) is 4.25. The minimum absolute atomic E-state index is 0.000964. The Morgan fingerprint density at radius 2 is 1.81 bits per heavy atom. The lowest BCUT2D eigenvalue weighted by Crippen LogP contribution is -2.55. The first-order valence-corrected chi connectivity index (χ1v) is 10.2. The number of rotatable bonds is 4. The fraction of sp³-hybridized carbons (Fsp3) is 0.588. The quantitative estimate of drug-likeness (QED) is 0.772. The Morgan fingerprint density at radius 3 is 2.31 bits per heavy atom. The van der Waals surface area contributed by atoms with E-state index in [1.807, 2.05) is 20.8 Å². The van der Waals surface area contributed by atoms with E-state index < -0.39 is 21.4 Å². The highest BCUT2D eigenvalue weighted by molar-refractivity contribution is 7.86. The molecule has 1 fully saturated rings. The normalized spacial score (nSPS) is 17.0. The SMILES string of the molecule is CN(Cc1c(F)cccc1Cl)S(=O)(=O)N1CCN(C(=O)C(C)(C)C)CC1. The molecule has 1 aromatic carbocycles. The Kier molecular flexibility index (Phi) is 6.32. The first-order chi connectivity index (χ1) is 11.9. The maximum atomic E-state index is 13.9. The monoisotopic (exact) mass is 405 g/mol. The summed E-state index contributed by atoms with van der Waals surface area (Å²) in [5.74, 6) is -0.541. The molecule has 26 heavy (non-hydrogen) atoms. The van der Waals surface area contributed by atoms with Crippen LogP contribution in [-0.2, 0) is 21.5 Å². The van der Waals surface area contributed by atoms with Crippen LogP contribution in [0.1, 0.15) is 26.3 Å². The molecule has 146 valence electrons. The average molecular weight is 406 g/mol. The lowest BCUT2D eigenvalue weighted by Gasteiger charge is -2.38. The van der Waals surface area contributed by atoms with Gasteiger partial charge in [-0.3, -0.25) is 4.79 Å². The lowest BCUT2D eigenvalue weighted by molar-refractivity contribution is -0.140. The van der Waals surface area contributed by atoms with Crippen molar-refractivity contribution in [3.05, 3.63) is 34.6 Å². The Bertz CT molecular complexity index is 752. The fourth-order valence-electron chi connectivity index (χ4n) is 2.78. The van der Waals surface area contributed by atoms with Crippen LogP contribution in [0.4, 0.5) is 4.39 Å². The number of hydrogen-bond donors (Lipinski definition) is 0. The van der Waals surface area contributed by atoms with Crippen LogP contribution in [0, 0.1) is 11.2 Å².